The topological polar surface area (TPSA) is 34.4 Å². The zero-order chi connectivity index (χ0) is 12.0. The highest BCUT2D eigenvalue weighted by Gasteiger charge is 2.07. The second kappa shape index (κ2) is 6.71. The summed E-state index contributed by atoms with van der Waals surface area (Å²) in [5.74, 6) is 2.63. The molecule has 16 heavy (non-hydrogen) atoms. The summed E-state index contributed by atoms with van der Waals surface area (Å²) in [7, 11) is 0. The van der Waals surface area contributed by atoms with Crippen molar-refractivity contribution in [2.24, 2.45) is 5.92 Å². The molecule has 0 aliphatic carbocycles. The molecule has 0 saturated carbocycles. The molecule has 0 amide bonds. The van der Waals surface area contributed by atoms with E-state index in [1.807, 2.05) is 13.8 Å². The standard InChI is InChI=1S/C13H23NO2/c1-5-15-9-12-6-13(16-11(12)4)8-14-7-10(2)3/h6,10,14H,5,7-9H2,1-4H3. The van der Waals surface area contributed by atoms with E-state index in [1.165, 1.54) is 0 Å². The zero-order valence-electron chi connectivity index (χ0n) is 10.8. The van der Waals surface area contributed by atoms with Crippen LogP contribution in [-0.4, -0.2) is 13.2 Å². The molecule has 0 spiro atoms. The first-order valence-electron chi connectivity index (χ1n) is 6.00. The third-order valence-corrected chi connectivity index (χ3v) is 2.39. The Morgan fingerprint density at radius 3 is 2.81 bits per heavy atom. The van der Waals surface area contributed by atoms with Crippen LogP contribution in [0.5, 0.6) is 0 Å². The van der Waals surface area contributed by atoms with Gasteiger partial charge < -0.3 is 14.5 Å². The van der Waals surface area contributed by atoms with Crippen molar-refractivity contribution < 1.29 is 9.15 Å². The van der Waals surface area contributed by atoms with Crippen LogP contribution >= 0.6 is 0 Å². The lowest BCUT2D eigenvalue weighted by atomic mass is 10.2. The van der Waals surface area contributed by atoms with Crippen molar-refractivity contribution in [1.82, 2.24) is 5.32 Å². The van der Waals surface area contributed by atoms with Crippen molar-refractivity contribution in [3.05, 3.63) is 23.2 Å². The van der Waals surface area contributed by atoms with Gasteiger partial charge in [0.15, 0.2) is 0 Å². The fourth-order valence-electron chi connectivity index (χ4n) is 1.51. The van der Waals surface area contributed by atoms with Gasteiger partial charge in [0.2, 0.25) is 0 Å². The zero-order valence-corrected chi connectivity index (χ0v) is 10.8. The molecular formula is C13H23NO2. The molecule has 1 N–H and O–H groups in total. The SMILES string of the molecule is CCOCc1cc(CNCC(C)C)oc1C. The van der Waals surface area contributed by atoms with Gasteiger partial charge in [-0.3, -0.25) is 0 Å². The first-order valence-corrected chi connectivity index (χ1v) is 6.00. The summed E-state index contributed by atoms with van der Waals surface area (Å²) < 4.78 is 11.0. The van der Waals surface area contributed by atoms with Gasteiger partial charge in [0.25, 0.3) is 0 Å². The Hall–Kier alpha value is -0.800. The summed E-state index contributed by atoms with van der Waals surface area (Å²) in [4.78, 5) is 0. The lowest BCUT2D eigenvalue weighted by Gasteiger charge is -2.04. The monoisotopic (exact) mass is 225 g/mol. The Kier molecular flexibility index (Phi) is 5.56. The van der Waals surface area contributed by atoms with Gasteiger partial charge in [-0.15, -0.1) is 0 Å². The van der Waals surface area contributed by atoms with Crippen LogP contribution in [0, 0.1) is 12.8 Å². The second-order valence-corrected chi connectivity index (χ2v) is 4.46. The van der Waals surface area contributed by atoms with E-state index in [1.54, 1.807) is 0 Å². The summed E-state index contributed by atoms with van der Waals surface area (Å²) in [6, 6.07) is 2.08. The minimum atomic E-state index is 0.649. The van der Waals surface area contributed by atoms with Crippen molar-refractivity contribution in [3.8, 4) is 0 Å². The first kappa shape index (κ1) is 13.3. The number of aryl methyl sites for hydroxylation is 1. The molecule has 0 fully saturated rings. The van der Waals surface area contributed by atoms with Crippen LogP contribution in [0.4, 0.5) is 0 Å². The third kappa shape index (κ3) is 4.37. The van der Waals surface area contributed by atoms with E-state index >= 15 is 0 Å². The molecule has 1 heterocycles. The predicted octanol–water partition coefficient (Wildman–Crippen LogP) is 2.87. The predicted molar refractivity (Wildman–Crippen MR) is 65.3 cm³/mol. The van der Waals surface area contributed by atoms with Gasteiger partial charge in [-0.25, -0.2) is 0 Å². The van der Waals surface area contributed by atoms with E-state index in [4.69, 9.17) is 9.15 Å². The summed E-state index contributed by atoms with van der Waals surface area (Å²) in [6.45, 7) is 11.6. The Morgan fingerprint density at radius 2 is 2.19 bits per heavy atom. The third-order valence-electron chi connectivity index (χ3n) is 2.39. The molecule has 1 rings (SSSR count). The number of ether oxygens (including phenoxy) is 1. The Labute approximate surface area is 98.2 Å². The average Bonchev–Trinajstić information content (AvgIpc) is 2.56. The molecule has 3 nitrogen and oxygen atoms in total. The molecule has 0 aliphatic rings. The molecule has 0 atom stereocenters. The molecular weight excluding hydrogens is 202 g/mol. The van der Waals surface area contributed by atoms with E-state index in [2.05, 4.69) is 25.2 Å². The maximum Gasteiger partial charge on any atom is 0.118 e. The normalized spacial score (nSPS) is 11.3. The molecule has 0 bridgehead atoms. The highest BCUT2D eigenvalue weighted by atomic mass is 16.5. The van der Waals surface area contributed by atoms with Gasteiger partial charge in [-0.2, -0.15) is 0 Å². The van der Waals surface area contributed by atoms with Crippen molar-refractivity contribution >= 4 is 0 Å². The van der Waals surface area contributed by atoms with Crippen molar-refractivity contribution in [1.29, 1.82) is 0 Å². The van der Waals surface area contributed by atoms with Crippen LogP contribution in [0.2, 0.25) is 0 Å². The van der Waals surface area contributed by atoms with Gasteiger partial charge >= 0.3 is 0 Å². The molecule has 0 radical (unpaired) electrons. The number of hydrogen-bond donors (Lipinski definition) is 1. The van der Waals surface area contributed by atoms with E-state index in [0.717, 1.165) is 36.8 Å². The molecule has 0 aliphatic heterocycles. The number of nitrogens with one attached hydrogen (secondary N) is 1. The summed E-state index contributed by atoms with van der Waals surface area (Å²) in [6.07, 6.45) is 0. The molecule has 0 saturated heterocycles. The minimum Gasteiger partial charge on any atom is -0.465 e. The van der Waals surface area contributed by atoms with Crippen molar-refractivity contribution in [2.75, 3.05) is 13.2 Å². The van der Waals surface area contributed by atoms with Gasteiger partial charge in [0.1, 0.15) is 11.5 Å². The number of furan rings is 1. The number of rotatable bonds is 7. The van der Waals surface area contributed by atoms with E-state index in [0.29, 0.717) is 12.5 Å². The molecule has 92 valence electrons. The highest BCUT2D eigenvalue weighted by Crippen LogP contribution is 2.15. The van der Waals surface area contributed by atoms with Gasteiger partial charge in [0, 0.05) is 12.2 Å². The Balaban J connectivity index is 2.42. The maximum absolute atomic E-state index is 5.65. The molecule has 0 aromatic carbocycles. The van der Waals surface area contributed by atoms with Gasteiger partial charge in [-0.1, -0.05) is 13.8 Å². The van der Waals surface area contributed by atoms with Crippen LogP contribution in [0.25, 0.3) is 0 Å². The smallest absolute Gasteiger partial charge is 0.118 e. The fourth-order valence-corrected chi connectivity index (χ4v) is 1.51. The van der Waals surface area contributed by atoms with E-state index < -0.39 is 0 Å². The Bertz CT molecular complexity index is 305. The summed E-state index contributed by atoms with van der Waals surface area (Å²) >= 11 is 0. The maximum atomic E-state index is 5.65. The van der Waals surface area contributed by atoms with Gasteiger partial charge in [0.05, 0.1) is 13.2 Å². The second-order valence-electron chi connectivity index (χ2n) is 4.46. The Morgan fingerprint density at radius 1 is 1.44 bits per heavy atom. The molecule has 1 aromatic heterocycles. The van der Waals surface area contributed by atoms with Crippen LogP contribution < -0.4 is 5.32 Å². The molecule has 3 heteroatoms. The molecule has 1 aromatic rings. The van der Waals surface area contributed by atoms with Crippen LogP contribution in [-0.2, 0) is 17.9 Å². The van der Waals surface area contributed by atoms with E-state index in [9.17, 15) is 0 Å². The van der Waals surface area contributed by atoms with Gasteiger partial charge in [-0.05, 0) is 32.4 Å². The van der Waals surface area contributed by atoms with Crippen molar-refractivity contribution in [3.63, 3.8) is 0 Å². The minimum absolute atomic E-state index is 0.649. The molecule has 0 unspecified atom stereocenters. The van der Waals surface area contributed by atoms with Crippen LogP contribution in [0.15, 0.2) is 10.5 Å². The average molecular weight is 225 g/mol. The number of hydrogen-bond acceptors (Lipinski definition) is 3. The lowest BCUT2D eigenvalue weighted by molar-refractivity contribution is 0.133. The first-order chi connectivity index (χ1) is 7.63. The largest absolute Gasteiger partial charge is 0.465 e. The van der Waals surface area contributed by atoms with Crippen LogP contribution in [0.3, 0.4) is 0 Å². The highest BCUT2D eigenvalue weighted by molar-refractivity contribution is 5.19. The van der Waals surface area contributed by atoms with E-state index in [-0.39, 0.29) is 0 Å². The summed E-state index contributed by atoms with van der Waals surface area (Å²) in [5.41, 5.74) is 1.16. The summed E-state index contributed by atoms with van der Waals surface area (Å²) in [5, 5.41) is 3.36. The van der Waals surface area contributed by atoms with Crippen molar-refractivity contribution in [2.45, 2.75) is 40.8 Å². The quantitative estimate of drug-likeness (QED) is 0.775. The lowest BCUT2D eigenvalue weighted by Crippen LogP contribution is -2.18. The van der Waals surface area contributed by atoms with Crippen LogP contribution in [0.1, 0.15) is 37.9 Å². The fraction of sp³-hybridized carbons (Fsp3) is 0.692.